The summed E-state index contributed by atoms with van der Waals surface area (Å²) in [6.45, 7) is 4.02. The van der Waals surface area contributed by atoms with Crippen LogP contribution in [0.1, 0.15) is 322 Å². The second kappa shape index (κ2) is 76.5. The number of nitrogens with zero attached hydrogens (tertiary/aromatic N) is 1. The fraction of sp³-hybridized carbons (Fsp3) is 0.659. The molecule has 2 atom stereocenters. The first-order valence-corrected chi connectivity index (χ1v) is 41.3. The predicted molar refractivity (Wildman–Crippen MR) is 424 cm³/mol. The molecule has 0 aromatic rings. The van der Waals surface area contributed by atoms with Crippen LogP contribution < -0.4 is 4.89 Å². The van der Waals surface area contributed by atoms with Crippen LogP contribution in [0.5, 0.6) is 0 Å². The van der Waals surface area contributed by atoms with E-state index in [1.807, 2.05) is 21.1 Å². The smallest absolute Gasteiger partial charge is 0.306 e. The quantitative estimate of drug-likeness (QED) is 0.0195. The minimum absolute atomic E-state index is 0.0368. The van der Waals surface area contributed by atoms with Gasteiger partial charge in [0.05, 0.1) is 27.7 Å². The van der Waals surface area contributed by atoms with E-state index in [1.165, 1.54) is 154 Å². The van der Waals surface area contributed by atoms with E-state index in [0.29, 0.717) is 17.4 Å². The van der Waals surface area contributed by atoms with Crippen molar-refractivity contribution in [1.29, 1.82) is 0 Å². The first-order chi connectivity index (χ1) is 48.0. The van der Waals surface area contributed by atoms with Crippen molar-refractivity contribution >= 4 is 19.8 Å². The molecule has 0 saturated heterocycles. The van der Waals surface area contributed by atoms with E-state index in [-0.39, 0.29) is 32.0 Å². The van der Waals surface area contributed by atoms with E-state index in [2.05, 4.69) is 184 Å². The Morgan fingerprint density at radius 1 is 0.316 bits per heavy atom. The van der Waals surface area contributed by atoms with E-state index >= 15 is 0 Å². The second-order valence-corrected chi connectivity index (χ2v) is 28.7. The Kier molecular flexibility index (Phi) is 72.9. The number of hydrogen-bond acceptors (Lipinski definition) is 8. The van der Waals surface area contributed by atoms with Crippen LogP contribution in [0.25, 0.3) is 0 Å². The van der Waals surface area contributed by atoms with Gasteiger partial charge in [0.1, 0.15) is 19.8 Å². The maximum Gasteiger partial charge on any atom is 0.306 e. The Morgan fingerprint density at radius 2 is 0.551 bits per heavy atom. The molecule has 0 spiro atoms. The molecule has 98 heavy (non-hydrogen) atoms. The lowest BCUT2D eigenvalue weighted by Gasteiger charge is -2.28. The summed E-state index contributed by atoms with van der Waals surface area (Å²) in [5, 5.41) is 0. The lowest BCUT2D eigenvalue weighted by Crippen LogP contribution is -2.37. The third kappa shape index (κ3) is 80.3. The second-order valence-electron chi connectivity index (χ2n) is 27.3. The minimum Gasteiger partial charge on any atom is -0.756 e. The minimum atomic E-state index is -4.66. The highest BCUT2D eigenvalue weighted by atomic mass is 31.2. The number of unbranched alkanes of at least 4 members (excludes halogenated alkanes) is 30. The molecule has 558 valence electrons. The highest BCUT2D eigenvalue weighted by molar-refractivity contribution is 7.45. The van der Waals surface area contributed by atoms with E-state index < -0.39 is 26.5 Å². The van der Waals surface area contributed by atoms with Crippen molar-refractivity contribution in [1.82, 2.24) is 0 Å². The fourth-order valence-electron chi connectivity index (χ4n) is 10.7. The Hall–Kier alpha value is -4.63. The van der Waals surface area contributed by atoms with Gasteiger partial charge < -0.3 is 27.9 Å². The number of allylic oxidation sites excluding steroid dienone is 28. The van der Waals surface area contributed by atoms with Gasteiger partial charge in [0.25, 0.3) is 7.82 Å². The molecule has 0 aliphatic rings. The number of phosphoric ester groups is 1. The maximum absolute atomic E-state index is 12.9. The normalized spacial score (nSPS) is 14.0. The van der Waals surface area contributed by atoms with E-state index in [1.54, 1.807) is 0 Å². The molecular weight excluding hydrogens is 1230 g/mol. The predicted octanol–water partition coefficient (Wildman–Crippen LogP) is 26.2. The molecule has 0 aliphatic heterocycles. The number of rotatable bonds is 72. The van der Waals surface area contributed by atoms with Gasteiger partial charge in [-0.25, -0.2) is 0 Å². The zero-order chi connectivity index (χ0) is 71.1. The molecule has 0 aliphatic carbocycles. The van der Waals surface area contributed by atoms with Crippen LogP contribution in [-0.2, 0) is 32.7 Å². The summed E-state index contributed by atoms with van der Waals surface area (Å²) in [5.41, 5.74) is 0. The number of hydrogen-bond donors (Lipinski definition) is 0. The molecule has 0 fully saturated rings. The topological polar surface area (TPSA) is 111 Å². The lowest BCUT2D eigenvalue weighted by atomic mass is 10.0. The first-order valence-electron chi connectivity index (χ1n) is 39.8. The molecule has 0 saturated carbocycles. The van der Waals surface area contributed by atoms with Crippen molar-refractivity contribution in [2.24, 2.45) is 0 Å². The molecule has 0 amide bonds. The van der Waals surface area contributed by atoms with E-state index in [4.69, 9.17) is 18.5 Å². The van der Waals surface area contributed by atoms with Gasteiger partial charge >= 0.3 is 11.9 Å². The highest BCUT2D eigenvalue weighted by Gasteiger charge is 2.22. The summed E-state index contributed by atoms with van der Waals surface area (Å²) in [5.74, 6) is -0.833. The van der Waals surface area contributed by atoms with Gasteiger partial charge in [-0.1, -0.05) is 351 Å². The zero-order valence-electron chi connectivity index (χ0n) is 63.7. The van der Waals surface area contributed by atoms with Crippen molar-refractivity contribution < 1.29 is 42.1 Å². The van der Waals surface area contributed by atoms with Crippen molar-refractivity contribution in [2.75, 3.05) is 47.5 Å². The molecule has 0 aromatic carbocycles. The van der Waals surface area contributed by atoms with Crippen molar-refractivity contribution in [2.45, 2.75) is 328 Å². The van der Waals surface area contributed by atoms with Gasteiger partial charge in [-0.3, -0.25) is 14.2 Å². The molecule has 0 rings (SSSR count). The van der Waals surface area contributed by atoms with Crippen molar-refractivity contribution in [3.05, 3.63) is 170 Å². The van der Waals surface area contributed by atoms with Gasteiger partial charge in [0.2, 0.25) is 0 Å². The number of carbonyl (C=O) groups is 2. The van der Waals surface area contributed by atoms with Gasteiger partial charge in [-0.15, -0.1) is 0 Å². The van der Waals surface area contributed by atoms with Crippen LogP contribution in [0, 0.1) is 0 Å². The molecule has 0 heterocycles. The Balaban J connectivity index is 4.01. The Bertz CT molecular complexity index is 2270. The third-order valence-electron chi connectivity index (χ3n) is 16.7. The van der Waals surface area contributed by atoms with Gasteiger partial charge in [0, 0.05) is 12.8 Å². The molecule has 0 bridgehead atoms. The zero-order valence-corrected chi connectivity index (χ0v) is 64.6. The van der Waals surface area contributed by atoms with Crippen LogP contribution >= 0.6 is 7.82 Å². The van der Waals surface area contributed by atoms with Crippen molar-refractivity contribution in [3.63, 3.8) is 0 Å². The molecule has 2 unspecified atom stereocenters. The Labute approximate surface area is 604 Å². The SMILES string of the molecule is CC/C=C\C/C=C\C/C=C\C/C=C\C/C=C\C/C=C\C/C=C\C/C=C\CCCCCCCCCCCCCCC(=O)OC(COC(=O)CCCCCCCCCCCCCCCCCCCC/C=C\C/C=C\C/C=C\C/C=C\C/C=C\C/C=C\CC)COP(=O)([O-])OCC[N+](C)(C)C. The summed E-state index contributed by atoms with van der Waals surface area (Å²) < 4.78 is 34.4. The third-order valence-corrected chi connectivity index (χ3v) is 17.7. The van der Waals surface area contributed by atoms with Crippen LogP contribution in [0.2, 0.25) is 0 Å². The average molecular weight is 1380 g/mol. The molecule has 0 aromatic heterocycles. The largest absolute Gasteiger partial charge is 0.756 e. The number of ether oxygens (including phenoxy) is 2. The lowest BCUT2D eigenvalue weighted by molar-refractivity contribution is -0.870. The van der Waals surface area contributed by atoms with E-state index in [0.717, 1.165) is 135 Å². The number of phosphoric acid groups is 1. The maximum atomic E-state index is 12.9. The average Bonchev–Trinajstić information content (AvgIpc) is 1.08. The van der Waals surface area contributed by atoms with Gasteiger partial charge in [0.15, 0.2) is 6.10 Å². The summed E-state index contributed by atoms with van der Waals surface area (Å²) in [7, 11) is 1.16. The summed E-state index contributed by atoms with van der Waals surface area (Å²) >= 11 is 0. The molecule has 0 radical (unpaired) electrons. The van der Waals surface area contributed by atoms with Gasteiger partial charge in [-0.2, -0.15) is 0 Å². The molecular formula is C88H148NO8P. The summed E-state index contributed by atoms with van der Waals surface area (Å²) in [6.07, 6.45) is 116. The van der Waals surface area contributed by atoms with Crippen molar-refractivity contribution in [3.8, 4) is 0 Å². The molecule has 9 nitrogen and oxygen atoms in total. The number of esters is 2. The first kappa shape index (κ1) is 93.4. The Morgan fingerprint density at radius 3 is 0.816 bits per heavy atom. The molecule has 10 heteroatoms. The van der Waals surface area contributed by atoms with Crippen LogP contribution in [0.15, 0.2) is 170 Å². The van der Waals surface area contributed by atoms with Crippen LogP contribution in [0.3, 0.4) is 0 Å². The van der Waals surface area contributed by atoms with E-state index in [9.17, 15) is 19.0 Å². The highest BCUT2D eigenvalue weighted by Crippen LogP contribution is 2.38. The van der Waals surface area contributed by atoms with Gasteiger partial charge in [-0.05, 0) is 128 Å². The van der Waals surface area contributed by atoms with Crippen LogP contribution in [0.4, 0.5) is 0 Å². The fourth-order valence-corrected chi connectivity index (χ4v) is 11.5. The summed E-state index contributed by atoms with van der Waals surface area (Å²) in [4.78, 5) is 38.2. The monoisotopic (exact) mass is 1380 g/mol. The molecule has 0 N–H and O–H groups in total. The van der Waals surface area contributed by atoms with Crippen LogP contribution in [-0.4, -0.2) is 70.0 Å². The summed E-state index contributed by atoms with van der Waals surface area (Å²) in [6, 6.07) is 0. The number of quaternary nitrogens is 1. The standard InChI is InChI=1S/C88H148NO8P/c1-6-8-10-12-14-16-18-20-22-24-26-28-30-32-34-36-38-40-42-44-46-48-50-52-54-56-58-60-62-64-66-68-70-72-74-76-78-80-87(90)94-84-86(85-96-98(92,93)95-83-82-89(3,4)5)97-88(91)81-79-77-75-73-71-69-67-65-63-61-59-57-55-53-51-49-47-45-43-41-39-37-35-33-31-29-27-25-23-21-19-17-15-13-11-9-7-2/h8-11,14-17,20-23,26-29,32-35,38-41,45,47,51,53,86H,6-7,12-13,18-19,24-25,30-31,36-37,42-44,46,48-50,52,54-85H2,1-5H3/b10-8-,11-9-,16-14-,17-15-,22-20-,23-21-,28-26-,29-27-,34-32-,35-33-,40-38-,41-39-,47-45-,53-51-. The number of carbonyl (C=O) groups excluding carboxylic acids is 2. The number of likely N-dealkylation sites (N-methyl/N-ethyl adjacent to an activating group) is 1.